The van der Waals surface area contributed by atoms with Crippen LogP contribution in [0.4, 0.5) is 0 Å². The third-order valence-corrected chi connectivity index (χ3v) is 5.78. The van der Waals surface area contributed by atoms with E-state index in [2.05, 4.69) is 23.8 Å². The molecule has 0 radical (unpaired) electrons. The van der Waals surface area contributed by atoms with E-state index in [9.17, 15) is 9.59 Å². The first kappa shape index (κ1) is 24.9. The predicted molar refractivity (Wildman–Crippen MR) is 117 cm³/mol. The molecule has 1 atom stereocenters. The van der Waals surface area contributed by atoms with Gasteiger partial charge in [-0.1, -0.05) is 103 Å². The van der Waals surface area contributed by atoms with E-state index in [1.54, 1.807) is 0 Å². The van der Waals surface area contributed by atoms with Crippen molar-refractivity contribution in [3.05, 3.63) is 12.2 Å². The molecule has 0 aromatic heterocycles. The van der Waals surface area contributed by atoms with Crippen LogP contribution in [-0.4, -0.2) is 11.9 Å². The lowest BCUT2D eigenvalue weighted by molar-refractivity contribution is -0.153. The Bertz CT molecular complexity index is 428. The largest absolute Gasteiger partial charge is 0.393 e. The molecule has 1 aliphatic rings. The maximum Gasteiger partial charge on any atom is 0.317 e. The Morgan fingerprint density at radius 1 is 0.714 bits per heavy atom. The Labute approximate surface area is 173 Å². The molecule has 0 aliphatic carbocycles. The first-order valence-corrected chi connectivity index (χ1v) is 12.1. The molecule has 162 valence electrons. The van der Waals surface area contributed by atoms with Gasteiger partial charge in [0.15, 0.2) is 0 Å². The van der Waals surface area contributed by atoms with E-state index in [-0.39, 0.29) is 24.3 Å². The van der Waals surface area contributed by atoms with Crippen LogP contribution < -0.4 is 0 Å². The zero-order valence-corrected chi connectivity index (χ0v) is 18.4. The summed E-state index contributed by atoms with van der Waals surface area (Å²) >= 11 is 0. The van der Waals surface area contributed by atoms with E-state index in [0.29, 0.717) is 0 Å². The quantitative estimate of drug-likeness (QED) is 0.0980. The van der Waals surface area contributed by atoms with Crippen LogP contribution in [0.2, 0.25) is 0 Å². The normalized spacial score (nSPS) is 17.0. The molecule has 0 aromatic rings. The van der Waals surface area contributed by atoms with Crippen LogP contribution in [0.1, 0.15) is 129 Å². The van der Waals surface area contributed by atoms with Gasteiger partial charge in [-0.25, -0.2) is 0 Å². The van der Waals surface area contributed by atoms with Gasteiger partial charge in [-0.15, -0.1) is 0 Å². The van der Waals surface area contributed by atoms with E-state index in [0.717, 1.165) is 19.3 Å². The van der Waals surface area contributed by atoms with Gasteiger partial charge in [-0.05, 0) is 32.1 Å². The highest BCUT2D eigenvalue weighted by Crippen LogP contribution is 2.21. The van der Waals surface area contributed by atoms with Crippen LogP contribution in [0.3, 0.4) is 0 Å². The number of cyclic esters (lactones) is 2. The van der Waals surface area contributed by atoms with Crippen LogP contribution in [0, 0.1) is 5.92 Å². The van der Waals surface area contributed by atoms with Gasteiger partial charge in [0, 0.05) is 0 Å². The van der Waals surface area contributed by atoms with Crippen molar-refractivity contribution in [1.29, 1.82) is 0 Å². The Morgan fingerprint density at radius 3 is 1.64 bits per heavy atom. The lowest BCUT2D eigenvalue weighted by atomic mass is 10.0. The molecule has 1 fully saturated rings. The smallest absolute Gasteiger partial charge is 0.317 e. The minimum Gasteiger partial charge on any atom is -0.393 e. The second-order valence-corrected chi connectivity index (χ2v) is 8.48. The molecule has 3 heteroatoms. The summed E-state index contributed by atoms with van der Waals surface area (Å²) in [6.07, 6.45) is 28.3. The van der Waals surface area contributed by atoms with Crippen molar-refractivity contribution in [3.63, 3.8) is 0 Å². The van der Waals surface area contributed by atoms with Gasteiger partial charge in [-0.2, -0.15) is 0 Å². The summed E-state index contributed by atoms with van der Waals surface area (Å²) in [6.45, 7) is 2.28. The van der Waals surface area contributed by atoms with Gasteiger partial charge < -0.3 is 4.74 Å². The molecule has 1 aliphatic heterocycles. The van der Waals surface area contributed by atoms with Crippen LogP contribution >= 0.6 is 0 Å². The van der Waals surface area contributed by atoms with Crippen molar-refractivity contribution in [2.45, 2.75) is 129 Å². The van der Waals surface area contributed by atoms with Gasteiger partial charge in [0.2, 0.25) is 0 Å². The average molecular weight is 393 g/mol. The van der Waals surface area contributed by atoms with E-state index in [1.807, 2.05) is 0 Å². The molecule has 3 nitrogen and oxygen atoms in total. The molecule has 0 spiro atoms. The lowest BCUT2D eigenvalue weighted by Gasteiger charge is -2.03. The van der Waals surface area contributed by atoms with Gasteiger partial charge in [-0.3, -0.25) is 9.59 Å². The predicted octanol–water partition coefficient (Wildman–Crippen LogP) is 7.67. The minimum absolute atomic E-state index is 0.188. The first-order valence-electron chi connectivity index (χ1n) is 12.1. The van der Waals surface area contributed by atoms with Crippen molar-refractivity contribution in [2.24, 2.45) is 5.92 Å². The molecule has 0 N–H and O–H groups in total. The van der Waals surface area contributed by atoms with Gasteiger partial charge >= 0.3 is 11.9 Å². The zero-order chi connectivity index (χ0) is 20.3. The summed E-state index contributed by atoms with van der Waals surface area (Å²) < 4.78 is 4.57. The fourth-order valence-electron chi connectivity index (χ4n) is 3.92. The topological polar surface area (TPSA) is 43.4 Å². The average Bonchev–Trinajstić information content (AvgIpc) is 3.00. The Kier molecular flexibility index (Phi) is 16.0. The molecule has 1 heterocycles. The first-order chi connectivity index (χ1) is 13.7. The summed E-state index contributed by atoms with van der Waals surface area (Å²) in [6, 6.07) is 0. The van der Waals surface area contributed by atoms with Crippen molar-refractivity contribution >= 4 is 11.9 Å². The Morgan fingerprint density at radius 2 is 1.18 bits per heavy atom. The highest BCUT2D eigenvalue weighted by Gasteiger charge is 2.32. The van der Waals surface area contributed by atoms with E-state index in [1.165, 1.54) is 96.3 Å². The maximum atomic E-state index is 11.3. The number of carbonyl (C=O) groups excluding carboxylic acids is 2. The second kappa shape index (κ2) is 17.9. The third-order valence-electron chi connectivity index (χ3n) is 5.78. The molecule has 0 saturated carbocycles. The maximum absolute atomic E-state index is 11.3. The standard InChI is InChI=1S/C25H44O3/c1-2-3-4-5-6-7-8-9-10-11-12-13-14-15-16-17-18-19-20-21-23-22-24(26)28-25(23)27/h17-18,23H,2-16,19-22H2,1H3/b18-17+. The fraction of sp³-hybridized carbons (Fsp3) is 0.840. The molecular weight excluding hydrogens is 348 g/mol. The third kappa shape index (κ3) is 14.0. The van der Waals surface area contributed by atoms with Gasteiger partial charge in [0.05, 0.1) is 12.3 Å². The number of rotatable bonds is 19. The number of allylic oxidation sites excluding steroid dienone is 2. The van der Waals surface area contributed by atoms with Crippen molar-refractivity contribution < 1.29 is 14.3 Å². The van der Waals surface area contributed by atoms with Crippen LogP contribution in [0.15, 0.2) is 12.2 Å². The molecule has 1 saturated heterocycles. The molecule has 1 rings (SSSR count). The number of hydrogen-bond donors (Lipinski definition) is 0. The molecule has 28 heavy (non-hydrogen) atoms. The number of hydrogen-bond acceptors (Lipinski definition) is 3. The van der Waals surface area contributed by atoms with Crippen molar-refractivity contribution in [1.82, 2.24) is 0 Å². The van der Waals surface area contributed by atoms with Crippen LogP contribution in [-0.2, 0) is 14.3 Å². The lowest BCUT2D eigenvalue weighted by Crippen LogP contribution is -2.06. The molecule has 0 amide bonds. The minimum atomic E-state index is -0.358. The van der Waals surface area contributed by atoms with Crippen molar-refractivity contribution in [3.8, 4) is 0 Å². The number of ether oxygens (including phenoxy) is 1. The van der Waals surface area contributed by atoms with Crippen LogP contribution in [0.25, 0.3) is 0 Å². The summed E-state index contributed by atoms with van der Waals surface area (Å²) in [4.78, 5) is 22.4. The molecule has 0 bridgehead atoms. The molecular formula is C25H44O3. The fourth-order valence-corrected chi connectivity index (χ4v) is 3.92. The SMILES string of the molecule is CCCCCCCCCCCCCCCC/C=C/CCCC1CC(=O)OC1=O. The summed E-state index contributed by atoms with van der Waals surface area (Å²) in [5.74, 6) is -0.869. The van der Waals surface area contributed by atoms with Crippen molar-refractivity contribution in [2.75, 3.05) is 0 Å². The van der Waals surface area contributed by atoms with Gasteiger partial charge in [0.25, 0.3) is 0 Å². The highest BCUT2D eigenvalue weighted by molar-refractivity contribution is 5.94. The number of unbranched alkanes of at least 4 members (excludes halogenated alkanes) is 15. The summed E-state index contributed by atoms with van der Waals surface area (Å²) in [5.41, 5.74) is 0. The van der Waals surface area contributed by atoms with E-state index >= 15 is 0 Å². The van der Waals surface area contributed by atoms with Crippen LogP contribution in [0.5, 0.6) is 0 Å². The zero-order valence-electron chi connectivity index (χ0n) is 18.4. The molecule has 0 aromatic carbocycles. The van der Waals surface area contributed by atoms with E-state index in [4.69, 9.17) is 0 Å². The summed E-state index contributed by atoms with van der Waals surface area (Å²) in [7, 11) is 0. The Balaban J connectivity index is 1.74. The van der Waals surface area contributed by atoms with E-state index < -0.39 is 0 Å². The second-order valence-electron chi connectivity index (χ2n) is 8.48. The number of carbonyl (C=O) groups is 2. The number of esters is 2. The Hall–Kier alpha value is -1.12. The summed E-state index contributed by atoms with van der Waals surface area (Å²) in [5, 5.41) is 0. The highest BCUT2D eigenvalue weighted by atomic mass is 16.6. The van der Waals surface area contributed by atoms with Gasteiger partial charge in [0.1, 0.15) is 0 Å². The monoisotopic (exact) mass is 392 g/mol. The molecule has 1 unspecified atom stereocenters.